The van der Waals surface area contributed by atoms with Crippen molar-refractivity contribution in [2.75, 3.05) is 0 Å². The summed E-state index contributed by atoms with van der Waals surface area (Å²) in [5, 5.41) is 18.7. The summed E-state index contributed by atoms with van der Waals surface area (Å²) < 4.78 is 14.3. The van der Waals surface area contributed by atoms with Gasteiger partial charge in [0.1, 0.15) is 11.4 Å². The van der Waals surface area contributed by atoms with Crippen molar-refractivity contribution in [1.82, 2.24) is 10.1 Å². The smallest absolute Gasteiger partial charge is 0.134 e. The van der Waals surface area contributed by atoms with Crippen LogP contribution < -0.4 is 0 Å². The first kappa shape index (κ1) is 22.0. The van der Waals surface area contributed by atoms with Gasteiger partial charge in [0.2, 0.25) is 0 Å². The topological polar surface area (TPSA) is 39.1 Å². The highest BCUT2D eigenvalue weighted by atomic mass is 19.1. The van der Waals surface area contributed by atoms with Crippen molar-refractivity contribution in [1.29, 1.82) is 0 Å². The van der Waals surface area contributed by atoms with E-state index in [2.05, 4.69) is 41.4 Å². The molecule has 0 radical (unpaired) electrons. The van der Waals surface area contributed by atoms with Crippen molar-refractivity contribution >= 4 is 5.71 Å². The third-order valence-electron chi connectivity index (χ3n) is 6.77. The number of fused-ring (bicyclic) bond motifs is 1. The summed E-state index contributed by atoms with van der Waals surface area (Å²) >= 11 is 0. The second-order valence-electron chi connectivity index (χ2n) is 8.86. The highest BCUT2D eigenvalue weighted by Crippen LogP contribution is 2.47. The van der Waals surface area contributed by atoms with Crippen LogP contribution >= 0.6 is 0 Å². The minimum Gasteiger partial charge on any atom is -0.285 e. The first-order valence-corrected chi connectivity index (χ1v) is 11.9. The van der Waals surface area contributed by atoms with E-state index in [1.54, 1.807) is 18.5 Å². The van der Waals surface area contributed by atoms with Gasteiger partial charge in [0.25, 0.3) is 0 Å². The summed E-state index contributed by atoms with van der Waals surface area (Å²) in [6.07, 6.45) is 5.20. The van der Waals surface area contributed by atoms with Crippen LogP contribution in [-0.4, -0.2) is 27.0 Å². The van der Waals surface area contributed by atoms with Crippen molar-refractivity contribution in [3.05, 3.63) is 167 Å². The monoisotopic (exact) mass is 473 g/mol. The van der Waals surface area contributed by atoms with E-state index < -0.39 is 5.54 Å². The van der Waals surface area contributed by atoms with E-state index >= 15 is 0 Å². The van der Waals surface area contributed by atoms with Gasteiger partial charge in [-0.25, -0.2) is 9.45 Å². The van der Waals surface area contributed by atoms with E-state index in [-0.39, 0.29) is 11.9 Å². The van der Waals surface area contributed by atoms with E-state index in [1.807, 2.05) is 66.7 Å². The predicted molar refractivity (Wildman–Crippen MR) is 139 cm³/mol. The molecule has 1 N–H and O–H groups in total. The summed E-state index contributed by atoms with van der Waals surface area (Å²) in [7, 11) is 0. The van der Waals surface area contributed by atoms with E-state index in [0.717, 1.165) is 27.3 Å². The van der Waals surface area contributed by atoms with E-state index in [1.165, 1.54) is 12.1 Å². The largest absolute Gasteiger partial charge is 0.285 e. The van der Waals surface area contributed by atoms with Crippen molar-refractivity contribution < 1.29 is 9.60 Å². The molecule has 4 aromatic carbocycles. The van der Waals surface area contributed by atoms with Gasteiger partial charge in [-0.2, -0.15) is 5.10 Å². The highest BCUT2D eigenvalue weighted by Gasteiger charge is 2.49. The van der Waals surface area contributed by atoms with Crippen LogP contribution in [0.25, 0.3) is 0 Å². The number of benzene rings is 4. The fourth-order valence-electron chi connectivity index (χ4n) is 5.26. The zero-order valence-electron chi connectivity index (χ0n) is 19.4. The van der Waals surface area contributed by atoms with Crippen LogP contribution in [0.3, 0.4) is 0 Å². The van der Waals surface area contributed by atoms with Crippen molar-refractivity contribution in [3.8, 4) is 0 Å². The molecule has 0 aromatic heterocycles. The average molecular weight is 474 g/mol. The van der Waals surface area contributed by atoms with Gasteiger partial charge in [-0.05, 0) is 34.9 Å². The first-order valence-electron chi connectivity index (χ1n) is 11.9. The standard InChI is InChI=1S/C31H24FN3O/c32-27-18-10-11-23(21-27)30-28-22-34(36)20-19-29(28)35(33-30)31(24-12-4-1-5-13-24,25-14-6-2-7-15-25)26-16-8-3-9-17-26/h1-22,29,36H. The molecule has 0 bridgehead atoms. The third-order valence-corrected chi connectivity index (χ3v) is 6.77. The SMILES string of the molecule is ON1C=CC2C(=C1)C(c1cccc(F)c1)=NN2C(c1ccccc1)(c1ccccc1)c1ccccc1. The minimum atomic E-state index is -0.801. The molecule has 0 aliphatic carbocycles. The lowest BCUT2D eigenvalue weighted by molar-refractivity contribution is 0.00612. The number of hydrogen-bond acceptors (Lipinski definition) is 4. The number of hydrogen-bond donors (Lipinski definition) is 1. The molecule has 4 nitrogen and oxygen atoms in total. The Labute approximate surface area is 209 Å². The lowest BCUT2D eigenvalue weighted by atomic mass is 9.75. The van der Waals surface area contributed by atoms with Crippen LogP contribution in [0.4, 0.5) is 4.39 Å². The number of nitrogens with zero attached hydrogens (tertiary/aromatic N) is 3. The summed E-state index contributed by atoms with van der Waals surface area (Å²) in [6.45, 7) is 0. The fraction of sp³-hybridized carbons (Fsp3) is 0.0645. The molecule has 1 atom stereocenters. The molecule has 2 aliphatic heterocycles. The molecule has 0 saturated heterocycles. The quantitative estimate of drug-likeness (QED) is 0.345. The first-order chi connectivity index (χ1) is 17.7. The Bertz CT molecular complexity index is 1370. The van der Waals surface area contributed by atoms with Gasteiger partial charge in [0.05, 0.1) is 11.8 Å². The molecule has 4 aromatic rings. The van der Waals surface area contributed by atoms with Crippen molar-refractivity contribution in [2.45, 2.75) is 11.6 Å². The number of halogens is 1. The fourth-order valence-corrected chi connectivity index (χ4v) is 5.26. The summed E-state index contributed by atoms with van der Waals surface area (Å²) in [6, 6.07) is 37.0. The molecule has 2 aliphatic rings. The number of rotatable bonds is 5. The summed E-state index contributed by atoms with van der Waals surface area (Å²) in [5.74, 6) is -0.335. The van der Waals surface area contributed by atoms with Crippen LogP contribution in [0, 0.1) is 5.82 Å². The van der Waals surface area contributed by atoms with Gasteiger partial charge in [-0.1, -0.05) is 103 Å². The van der Waals surface area contributed by atoms with Crippen LogP contribution in [-0.2, 0) is 5.54 Å². The number of hydrazone groups is 1. The van der Waals surface area contributed by atoms with Crippen LogP contribution in [0.15, 0.2) is 144 Å². The second kappa shape index (κ2) is 8.95. The average Bonchev–Trinajstić information content (AvgIpc) is 3.30. The maximum Gasteiger partial charge on any atom is 0.134 e. The van der Waals surface area contributed by atoms with Crippen molar-refractivity contribution in [2.24, 2.45) is 5.10 Å². The highest BCUT2D eigenvalue weighted by molar-refractivity contribution is 6.14. The molecule has 0 spiro atoms. The van der Waals surface area contributed by atoms with Gasteiger partial charge in [-0.3, -0.25) is 10.2 Å². The Morgan fingerprint density at radius 2 is 1.28 bits per heavy atom. The lowest BCUT2D eigenvalue weighted by Crippen LogP contribution is -2.48. The zero-order chi connectivity index (χ0) is 24.5. The molecule has 0 amide bonds. The molecule has 0 saturated carbocycles. The van der Waals surface area contributed by atoms with Gasteiger partial charge in [0, 0.05) is 23.5 Å². The molecule has 0 fully saturated rings. The van der Waals surface area contributed by atoms with E-state index in [0.29, 0.717) is 11.3 Å². The third kappa shape index (κ3) is 3.53. The summed E-state index contributed by atoms with van der Waals surface area (Å²) in [4.78, 5) is 0. The van der Waals surface area contributed by atoms with Crippen LogP contribution in [0.5, 0.6) is 0 Å². The molecule has 5 heteroatoms. The second-order valence-corrected chi connectivity index (χ2v) is 8.86. The normalized spacial score (nSPS) is 17.0. The zero-order valence-corrected chi connectivity index (χ0v) is 19.4. The van der Waals surface area contributed by atoms with Crippen LogP contribution in [0.1, 0.15) is 22.3 Å². The van der Waals surface area contributed by atoms with Gasteiger partial charge < -0.3 is 0 Å². The minimum absolute atomic E-state index is 0.299. The molecule has 36 heavy (non-hydrogen) atoms. The molecule has 2 heterocycles. The Morgan fingerprint density at radius 3 is 1.81 bits per heavy atom. The maximum absolute atomic E-state index is 14.3. The molecular weight excluding hydrogens is 449 g/mol. The Hall–Kier alpha value is -4.48. The Balaban J connectivity index is 1.68. The van der Waals surface area contributed by atoms with Crippen molar-refractivity contribution in [3.63, 3.8) is 0 Å². The Morgan fingerprint density at radius 1 is 0.722 bits per heavy atom. The maximum atomic E-state index is 14.3. The van der Waals surface area contributed by atoms with Gasteiger partial charge >= 0.3 is 0 Å². The molecule has 6 rings (SSSR count). The van der Waals surface area contributed by atoms with Gasteiger partial charge in [0.15, 0.2) is 0 Å². The van der Waals surface area contributed by atoms with Gasteiger partial charge in [-0.15, -0.1) is 0 Å². The number of hydroxylamine groups is 2. The summed E-state index contributed by atoms with van der Waals surface area (Å²) in [5.41, 5.74) is 4.40. The molecule has 1 unspecified atom stereocenters. The molecular formula is C31H24FN3O. The Kier molecular flexibility index (Phi) is 5.47. The van der Waals surface area contributed by atoms with E-state index in [4.69, 9.17) is 5.10 Å². The molecule has 176 valence electrons. The lowest BCUT2D eigenvalue weighted by Gasteiger charge is -2.45. The predicted octanol–water partition coefficient (Wildman–Crippen LogP) is 6.31. The van der Waals surface area contributed by atoms with E-state index in [9.17, 15) is 9.60 Å². The van der Waals surface area contributed by atoms with Crippen LogP contribution in [0.2, 0.25) is 0 Å².